The Morgan fingerprint density at radius 1 is 0.429 bits per heavy atom. The van der Waals surface area contributed by atoms with E-state index in [0.717, 1.165) is 0 Å². The summed E-state index contributed by atoms with van der Waals surface area (Å²) in [6, 6.07) is 41.9. The van der Waals surface area contributed by atoms with E-state index in [9.17, 15) is 0 Å². The Kier molecular flexibility index (Phi) is 5.42. The van der Waals surface area contributed by atoms with Gasteiger partial charge in [0.25, 0.3) is 0 Å². The lowest BCUT2D eigenvalue weighted by Crippen LogP contribution is -2.22. The zero-order valence-electron chi connectivity index (χ0n) is 16.5. The van der Waals surface area contributed by atoms with Crippen molar-refractivity contribution in [3.05, 3.63) is 126 Å². The Morgan fingerprint density at radius 2 is 0.786 bits per heavy atom. The molecule has 0 nitrogen and oxygen atoms in total. The lowest BCUT2D eigenvalue weighted by molar-refractivity contribution is 0.641. The zero-order chi connectivity index (χ0) is 19.4. The summed E-state index contributed by atoms with van der Waals surface area (Å²) in [4.78, 5) is 0. The second kappa shape index (κ2) is 8.13. The van der Waals surface area contributed by atoms with Gasteiger partial charge >= 0.3 is 0 Å². The van der Waals surface area contributed by atoms with E-state index < -0.39 is 7.92 Å². The number of hydrogen-bond acceptors (Lipinski definition) is 0. The summed E-state index contributed by atoms with van der Waals surface area (Å²) in [7, 11) is -1.00. The molecule has 4 aromatic carbocycles. The lowest BCUT2D eigenvalue weighted by atomic mass is 9.78. The maximum atomic E-state index is 2.34. The van der Waals surface area contributed by atoms with E-state index in [1.165, 1.54) is 27.0 Å². The molecular formula is C27H26P+. The minimum atomic E-state index is -1.00. The average molecular weight is 381 g/mol. The van der Waals surface area contributed by atoms with Crippen LogP contribution in [-0.4, -0.2) is 0 Å². The Labute approximate surface area is 169 Å². The van der Waals surface area contributed by atoms with Gasteiger partial charge in [0.2, 0.25) is 0 Å². The second-order valence-electron chi connectivity index (χ2n) is 7.68. The molecule has 0 heterocycles. The number of rotatable bonds is 5. The van der Waals surface area contributed by atoms with E-state index in [1.807, 2.05) is 0 Å². The molecule has 0 aliphatic carbocycles. The van der Waals surface area contributed by atoms with Gasteiger partial charge in [0.05, 0.1) is 7.92 Å². The quantitative estimate of drug-likeness (QED) is 0.400. The van der Waals surface area contributed by atoms with Crippen LogP contribution in [-0.2, 0) is 5.41 Å². The van der Waals surface area contributed by atoms with Gasteiger partial charge in [0.1, 0.15) is 15.9 Å². The maximum Gasteiger partial charge on any atom is 0.102 e. The van der Waals surface area contributed by atoms with Gasteiger partial charge in [0.15, 0.2) is 0 Å². The molecule has 0 saturated heterocycles. The molecule has 0 fully saturated rings. The molecule has 1 heteroatoms. The molecule has 0 aliphatic heterocycles. The Bertz CT molecular complexity index is 965. The molecule has 0 atom stereocenters. The normalized spacial score (nSPS) is 11.5. The van der Waals surface area contributed by atoms with Gasteiger partial charge in [-0.15, -0.1) is 0 Å². The average Bonchev–Trinajstić information content (AvgIpc) is 2.76. The highest BCUT2D eigenvalue weighted by Gasteiger charge is 2.27. The van der Waals surface area contributed by atoms with Crippen molar-refractivity contribution in [2.45, 2.75) is 19.3 Å². The third kappa shape index (κ3) is 3.79. The summed E-state index contributed by atoms with van der Waals surface area (Å²) >= 11 is 0. The van der Waals surface area contributed by atoms with Crippen LogP contribution in [0.25, 0.3) is 0 Å². The van der Waals surface area contributed by atoms with Crippen LogP contribution < -0.4 is 15.9 Å². The van der Waals surface area contributed by atoms with Crippen molar-refractivity contribution in [2.75, 3.05) is 0 Å². The van der Waals surface area contributed by atoms with Crippen molar-refractivity contribution in [3.8, 4) is 0 Å². The van der Waals surface area contributed by atoms with Gasteiger partial charge in [-0.25, -0.2) is 0 Å². The summed E-state index contributed by atoms with van der Waals surface area (Å²) in [5.41, 5.74) is 2.69. The van der Waals surface area contributed by atoms with Crippen LogP contribution >= 0.6 is 7.92 Å². The number of benzene rings is 4. The third-order valence-electron chi connectivity index (χ3n) is 5.52. The van der Waals surface area contributed by atoms with Crippen LogP contribution in [0.15, 0.2) is 115 Å². The summed E-state index contributed by atoms with van der Waals surface area (Å²) in [6.45, 7) is 4.61. The van der Waals surface area contributed by atoms with Gasteiger partial charge in [-0.3, -0.25) is 0 Å². The van der Waals surface area contributed by atoms with Gasteiger partial charge < -0.3 is 0 Å². The second-order valence-corrected chi connectivity index (χ2v) is 10.2. The van der Waals surface area contributed by atoms with Crippen LogP contribution in [0.4, 0.5) is 0 Å². The molecule has 138 valence electrons. The first-order chi connectivity index (χ1) is 13.7. The SMILES string of the molecule is CC(C)(c1ccccc1)c1ccc([PH+](c2ccccc2)c2ccccc2)cc1. The molecule has 0 saturated carbocycles. The van der Waals surface area contributed by atoms with Crippen LogP contribution in [0.3, 0.4) is 0 Å². The van der Waals surface area contributed by atoms with E-state index in [0.29, 0.717) is 0 Å². The maximum absolute atomic E-state index is 2.34. The third-order valence-corrected chi connectivity index (χ3v) is 8.25. The van der Waals surface area contributed by atoms with E-state index in [1.54, 1.807) is 0 Å². The molecule has 4 rings (SSSR count). The summed E-state index contributed by atoms with van der Waals surface area (Å²) < 4.78 is 0. The fourth-order valence-electron chi connectivity index (χ4n) is 3.78. The van der Waals surface area contributed by atoms with Gasteiger partial charge in [-0.05, 0) is 47.5 Å². The van der Waals surface area contributed by atoms with Crippen LogP contribution in [0.5, 0.6) is 0 Å². The molecule has 0 amide bonds. The fourth-order valence-corrected chi connectivity index (χ4v) is 6.34. The lowest BCUT2D eigenvalue weighted by Gasteiger charge is -2.26. The highest BCUT2D eigenvalue weighted by molar-refractivity contribution is 7.79. The van der Waals surface area contributed by atoms with Crippen LogP contribution in [0.1, 0.15) is 25.0 Å². The first-order valence-corrected chi connectivity index (χ1v) is 11.3. The molecule has 4 aromatic rings. The van der Waals surface area contributed by atoms with Crippen molar-refractivity contribution in [2.24, 2.45) is 0 Å². The van der Waals surface area contributed by atoms with E-state index in [2.05, 4.69) is 129 Å². The molecule has 28 heavy (non-hydrogen) atoms. The zero-order valence-corrected chi connectivity index (χ0v) is 17.5. The van der Waals surface area contributed by atoms with Crippen molar-refractivity contribution < 1.29 is 0 Å². The highest BCUT2D eigenvalue weighted by atomic mass is 31.1. The first kappa shape index (κ1) is 18.7. The molecule has 0 N–H and O–H groups in total. The standard InChI is InChI=1S/C27H25P/c1-27(2,22-12-6-3-7-13-22)23-18-20-26(21-19-23)28(24-14-8-4-9-15-24)25-16-10-5-11-17-25/h3-21H,1-2H3/p+1. The van der Waals surface area contributed by atoms with Gasteiger partial charge in [-0.1, -0.05) is 92.7 Å². The Hall–Kier alpha value is -2.69. The molecule has 0 spiro atoms. The molecular weight excluding hydrogens is 355 g/mol. The minimum Gasteiger partial charge on any atom is -0.0622 e. The van der Waals surface area contributed by atoms with Crippen molar-refractivity contribution >= 4 is 23.8 Å². The van der Waals surface area contributed by atoms with Crippen molar-refractivity contribution in [3.63, 3.8) is 0 Å². The minimum absolute atomic E-state index is 0.00775. The molecule has 0 aliphatic rings. The molecule has 0 radical (unpaired) electrons. The fraction of sp³-hybridized carbons (Fsp3) is 0.111. The van der Waals surface area contributed by atoms with Crippen molar-refractivity contribution in [1.82, 2.24) is 0 Å². The predicted molar refractivity (Wildman–Crippen MR) is 125 cm³/mol. The van der Waals surface area contributed by atoms with Gasteiger partial charge in [0, 0.05) is 5.41 Å². The molecule has 0 bridgehead atoms. The number of hydrogen-bond donors (Lipinski definition) is 0. The Morgan fingerprint density at radius 3 is 1.25 bits per heavy atom. The smallest absolute Gasteiger partial charge is 0.0622 e. The predicted octanol–water partition coefficient (Wildman–Crippen LogP) is 5.50. The monoisotopic (exact) mass is 381 g/mol. The van der Waals surface area contributed by atoms with E-state index in [4.69, 9.17) is 0 Å². The molecule has 0 aromatic heterocycles. The largest absolute Gasteiger partial charge is 0.102 e. The van der Waals surface area contributed by atoms with Crippen molar-refractivity contribution in [1.29, 1.82) is 0 Å². The summed E-state index contributed by atoms with van der Waals surface area (Å²) in [5, 5.41) is 4.28. The highest BCUT2D eigenvalue weighted by Crippen LogP contribution is 2.35. The summed E-state index contributed by atoms with van der Waals surface area (Å²) in [5.74, 6) is 0. The first-order valence-electron chi connectivity index (χ1n) is 9.80. The van der Waals surface area contributed by atoms with Crippen LogP contribution in [0, 0.1) is 0 Å². The summed E-state index contributed by atoms with van der Waals surface area (Å²) in [6.07, 6.45) is 0. The van der Waals surface area contributed by atoms with E-state index in [-0.39, 0.29) is 5.41 Å². The molecule has 0 unspecified atom stereocenters. The van der Waals surface area contributed by atoms with E-state index >= 15 is 0 Å². The Balaban J connectivity index is 1.73. The van der Waals surface area contributed by atoms with Gasteiger partial charge in [-0.2, -0.15) is 0 Å². The topological polar surface area (TPSA) is 0 Å². The van der Waals surface area contributed by atoms with Crippen LogP contribution in [0.2, 0.25) is 0 Å².